The van der Waals surface area contributed by atoms with Crippen molar-refractivity contribution in [3.05, 3.63) is 71.7 Å². The number of aliphatic hydroxyl groups excluding tert-OH is 1. The number of carbonyl (C=O) groups is 1. The van der Waals surface area contributed by atoms with Crippen LogP contribution in [0.3, 0.4) is 0 Å². The lowest BCUT2D eigenvalue weighted by atomic mass is 9.87. The van der Waals surface area contributed by atoms with Gasteiger partial charge in [-0.05, 0) is 36.8 Å². The van der Waals surface area contributed by atoms with Crippen LogP contribution >= 0.6 is 0 Å². The van der Waals surface area contributed by atoms with Gasteiger partial charge in [-0.15, -0.1) is 0 Å². The van der Waals surface area contributed by atoms with Gasteiger partial charge in [-0.3, -0.25) is 9.78 Å². The number of aromatic nitrogens is 2. The number of nitrogens with zero attached hydrogens (tertiary/aromatic N) is 4. The van der Waals surface area contributed by atoms with Crippen molar-refractivity contribution >= 4 is 11.6 Å². The van der Waals surface area contributed by atoms with E-state index in [1.54, 1.807) is 23.2 Å². The summed E-state index contributed by atoms with van der Waals surface area (Å²) in [6, 6.07) is 11.9. The van der Waals surface area contributed by atoms with E-state index in [0.29, 0.717) is 43.9 Å². The van der Waals surface area contributed by atoms with Gasteiger partial charge < -0.3 is 19.6 Å². The molecule has 0 saturated carbocycles. The SMILES string of the molecule is O=C(c1ccc(-c2cc3c(cn2)OC2(CCN(c4ccc(C(F)(F)F)nc4)CC2)C3)cc1)N1CC[C@@H](O)C1. The lowest BCUT2D eigenvalue weighted by molar-refractivity contribution is -0.141. The number of β-amino-alcohol motifs (C(OH)–C–C–N with tert-alkyl or cyclic N) is 1. The monoisotopic (exact) mass is 524 g/mol. The number of hydrogen-bond donors (Lipinski definition) is 1. The molecule has 3 aliphatic rings. The van der Waals surface area contributed by atoms with Gasteiger partial charge in [0.05, 0.1) is 29.9 Å². The van der Waals surface area contributed by atoms with Crippen LogP contribution in [-0.2, 0) is 12.6 Å². The van der Waals surface area contributed by atoms with Crippen LogP contribution in [0.25, 0.3) is 11.3 Å². The molecule has 1 aromatic carbocycles. The molecule has 38 heavy (non-hydrogen) atoms. The number of pyridine rings is 2. The van der Waals surface area contributed by atoms with Crippen molar-refractivity contribution in [2.45, 2.75) is 43.6 Å². The minimum atomic E-state index is -4.45. The molecule has 6 rings (SSSR count). The third-order valence-corrected chi connectivity index (χ3v) is 7.74. The molecule has 7 nitrogen and oxygen atoms in total. The molecule has 1 spiro atoms. The number of anilines is 1. The van der Waals surface area contributed by atoms with Crippen molar-refractivity contribution in [2.24, 2.45) is 0 Å². The summed E-state index contributed by atoms with van der Waals surface area (Å²) < 4.78 is 44.8. The van der Waals surface area contributed by atoms with Gasteiger partial charge in [0, 0.05) is 62.1 Å². The third kappa shape index (κ3) is 4.69. The summed E-state index contributed by atoms with van der Waals surface area (Å²) in [5, 5.41) is 9.70. The normalized spacial score (nSPS) is 20.5. The van der Waals surface area contributed by atoms with Crippen molar-refractivity contribution in [3.8, 4) is 17.0 Å². The van der Waals surface area contributed by atoms with Gasteiger partial charge in [-0.1, -0.05) is 12.1 Å². The van der Waals surface area contributed by atoms with E-state index in [9.17, 15) is 23.1 Å². The molecule has 1 amide bonds. The Bertz CT molecular complexity index is 1340. The van der Waals surface area contributed by atoms with Gasteiger partial charge in [0.1, 0.15) is 17.0 Å². The smallest absolute Gasteiger partial charge is 0.433 e. The molecule has 2 fully saturated rings. The molecule has 2 aromatic heterocycles. The van der Waals surface area contributed by atoms with Crippen LogP contribution in [0.4, 0.5) is 18.9 Å². The average Bonchev–Trinajstić information content (AvgIpc) is 3.51. The first-order chi connectivity index (χ1) is 18.2. The van der Waals surface area contributed by atoms with Crippen molar-refractivity contribution in [1.82, 2.24) is 14.9 Å². The molecular formula is C28H27F3N4O3. The van der Waals surface area contributed by atoms with Crippen molar-refractivity contribution in [3.63, 3.8) is 0 Å². The van der Waals surface area contributed by atoms with Gasteiger partial charge in [-0.2, -0.15) is 13.2 Å². The summed E-state index contributed by atoms with van der Waals surface area (Å²) in [6.07, 6.45) is 0.957. The number of rotatable bonds is 3. The van der Waals surface area contributed by atoms with Crippen LogP contribution in [0.15, 0.2) is 54.9 Å². The predicted molar refractivity (Wildman–Crippen MR) is 134 cm³/mol. The Balaban J connectivity index is 1.10. The topological polar surface area (TPSA) is 78.8 Å². The van der Waals surface area contributed by atoms with Crippen molar-refractivity contribution in [2.75, 3.05) is 31.1 Å². The van der Waals surface area contributed by atoms with Crippen molar-refractivity contribution < 1.29 is 27.8 Å². The highest BCUT2D eigenvalue weighted by Crippen LogP contribution is 2.42. The van der Waals surface area contributed by atoms with E-state index in [-0.39, 0.29) is 11.5 Å². The predicted octanol–water partition coefficient (Wildman–Crippen LogP) is 4.34. The number of amides is 1. The van der Waals surface area contributed by atoms with Gasteiger partial charge in [0.2, 0.25) is 0 Å². The van der Waals surface area contributed by atoms with E-state index < -0.39 is 18.0 Å². The number of likely N-dealkylation sites (tertiary alicyclic amines) is 1. The summed E-state index contributed by atoms with van der Waals surface area (Å²) in [5.41, 5.74) is 2.79. The molecule has 5 heterocycles. The quantitative estimate of drug-likeness (QED) is 0.549. The van der Waals surface area contributed by atoms with E-state index in [1.165, 1.54) is 12.3 Å². The minimum Gasteiger partial charge on any atom is -0.485 e. The van der Waals surface area contributed by atoms with Crippen LogP contribution in [0, 0.1) is 0 Å². The second-order valence-corrected chi connectivity index (χ2v) is 10.3. The summed E-state index contributed by atoms with van der Waals surface area (Å²) >= 11 is 0. The van der Waals surface area contributed by atoms with Gasteiger partial charge in [-0.25, -0.2) is 4.98 Å². The zero-order chi connectivity index (χ0) is 26.5. The maximum Gasteiger partial charge on any atom is 0.433 e. The molecule has 3 aromatic rings. The highest BCUT2D eigenvalue weighted by molar-refractivity contribution is 5.94. The molecule has 3 aliphatic heterocycles. The first kappa shape index (κ1) is 24.7. The highest BCUT2D eigenvalue weighted by atomic mass is 19.4. The van der Waals surface area contributed by atoms with Gasteiger partial charge in [0.15, 0.2) is 0 Å². The summed E-state index contributed by atoms with van der Waals surface area (Å²) in [4.78, 5) is 24.5. The lowest BCUT2D eigenvalue weighted by Crippen LogP contribution is -2.47. The number of fused-ring (bicyclic) bond motifs is 1. The van der Waals surface area contributed by atoms with E-state index >= 15 is 0 Å². The Labute approximate surface area is 217 Å². The number of hydrogen-bond acceptors (Lipinski definition) is 6. The molecule has 0 bridgehead atoms. The van der Waals surface area contributed by atoms with Crippen LogP contribution in [0.1, 0.15) is 40.9 Å². The standard InChI is InChI=1S/C28H27F3N4O3/c29-28(30,31)25-6-5-21(15-33-25)34-11-8-27(9-12-34)14-20-13-23(32-16-24(20)38-27)18-1-3-19(4-2-18)26(37)35-10-7-22(36)17-35/h1-6,13,15-16,22,36H,7-12,14,17H2/t22-/m1/s1. The second-order valence-electron chi connectivity index (χ2n) is 10.3. The highest BCUT2D eigenvalue weighted by Gasteiger charge is 2.42. The first-order valence-corrected chi connectivity index (χ1v) is 12.7. The molecule has 0 radical (unpaired) electrons. The fourth-order valence-electron chi connectivity index (χ4n) is 5.57. The van der Waals surface area contributed by atoms with Crippen LogP contribution in [-0.4, -0.2) is 63.8 Å². The van der Waals surface area contributed by atoms with Gasteiger partial charge in [0.25, 0.3) is 5.91 Å². The molecular weight excluding hydrogens is 497 g/mol. The van der Waals surface area contributed by atoms with Crippen molar-refractivity contribution in [1.29, 1.82) is 0 Å². The Morgan fingerprint density at radius 3 is 2.42 bits per heavy atom. The molecule has 1 N–H and O–H groups in total. The van der Waals surface area contributed by atoms with E-state index in [4.69, 9.17) is 4.74 Å². The Morgan fingerprint density at radius 1 is 1.03 bits per heavy atom. The maximum atomic E-state index is 12.8. The summed E-state index contributed by atoms with van der Waals surface area (Å²) in [5.74, 6) is 0.682. The molecule has 1 atom stereocenters. The number of halogens is 3. The molecule has 2 saturated heterocycles. The van der Waals surface area contributed by atoms with E-state index in [0.717, 1.165) is 47.9 Å². The zero-order valence-electron chi connectivity index (χ0n) is 20.6. The minimum absolute atomic E-state index is 0.0798. The molecule has 0 unspecified atom stereocenters. The summed E-state index contributed by atoms with van der Waals surface area (Å²) in [6.45, 7) is 2.25. The fourth-order valence-corrected chi connectivity index (χ4v) is 5.57. The molecule has 0 aliphatic carbocycles. The van der Waals surface area contributed by atoms with Crippen LogP contribution < -0.4 is 9.64 Å². The molecule has 10 heteroatoms. The second kappa shape index (κ2) is 9.27. The number of benzene rings is 1. The van der Waals surface area contributed by atoms with E-state index in [2.05, 4.69) is 9.97 Å². The average molecular weight is 525 g/mol. The maximum absolute atomic E-state index is 12.8. The van der Waals surface area contributed by atoms with Crippen LogP contribution in [0.2, 0.25) is 0 Å². The largest absolute Gasteiger partial charge is 0.485 e. The first-order valence-electron chi connectivity index (χ1n) is 12.7. The summed E-state index contributed by atoms with van der Waals surface area (Å²) in [7, 11) is 0. The van der Waals surface area contributed by atoms with E-state index in [1.807, 2.05) is 23.1 Å². The molecule has 198 valence electrons. The third-order valence-electron chi connectivity index (χ3n) is 7.74. The Morgan fingerprint density at radius 2 is 1.79 bits per heavy atom. The number of aliphatic hydroxyl groups is 1. The number of piperidine rings is 1. The number of alkyl halides is 3. The number of carbonyl (C=O) groups excluding carboxylic acids is 1. The fraction of sp³-hybridized carbons (Fsp3) is 0.393. The van der Waals surface area contributed by atoms with Gasteiger partial charge >= 0.3 is 6.18 Å². The lowest BCUT2D eigenvalue weighted by Gasteiger charge is -2.39. The zero-order valence-corrected chi connectivity index (χ0v) is 20.6. The van der Waals surface area contributed by atoms with Crippen LogP contribution in [0.5, 0.6) is 5.75 Å². The Kier molecular flexibility index (Phi) is 6.02. The Hall–Kier alpha value is -3.66. The number of ether oxygens (including phenoxy) is 1.